The molecule has 1 amide bonds. The van der Waals surface area contributed by atoms with Crippen molar-refractivity contribution >= 4 is 17.8 Å². The van der Waals surface area contributed by atoms with Crippen molar-refractivity contribution in [2.24, 2.45) is 10.9 Å². The van der Waals surface area contributed by atoms with E-state index < -0.39 is 0 Å². The number of hydrogen-bond donors (Lipinski definition) is 1. The number of hydrogen-bond acceptors (Lipinski definition) is 5. The first-order chi connectivity index (χ1) is 17.8. The summed E-state index contributed by atoms with van der Waals surface area (Å²) in [7, 11) is 4.23. The van der Waals surface area contributed by atoms with E-state index in [1.807, 2.05) is 24.0 Å². The molecule has 1 aliphatic rings. The van der Waals surface area contributed by atoms with Crippen LogP contribution >= 0.6 is 0 Å². The standard InChI is InChI=1S/C31H43N5O/c1-7-24(3)30-29(22-33-25(4)32-8-2)31(37)36(20-19-35(30)6)28-16-12-15-26(21-28)17-18-34(5)23-27-13-10-9-11-14-27/h9-16,21-22,24,32H,4,7-8,17-20,23H2,1-3,5-6H3. The van der Waals surface area contributed by atoms with Crippen LogP contribution in [0.25, 0.3) is 0 Å². The van der Waals surface area contributed by atoms with Gasteiger partial charge in [0.15, 0.2) is 0 Å². The van der Waals surface area contributed by atoms with Gasteiger partial charge in [0, 0.05) is 57.4 Å². The maximum absolute atomic E-state index is 14.0. The minimum absolute atomic E-state index is 0.00829. The van der Waals surface area contributed by atoms with Crippen LogP contribution in [0.15, 0.2) is 83.3 Å². The Morgan fingerprint density at radius 2 is 1.86 bits per heavy atom. The lowest BCUT2D eigenvalue weighted by Crippen LogP contribution is -2.34. The molecule has 0 aromatic heterocycles. The molecular weight excluding hydrogens is 458 g/mol. The van der Waals surface area contributed by atoms with Gasteiger partial charge in [0.05, 0.1) is 5.57 Å². The minimum Gasteiger partial charge on any atom is -0.375 e. The van der Waals surface area contributed by atoms with Crippen molar-refractivity contribution in [2.75, 3.05) is 45.2 Å². The quantitative estimate of drug-likeness (QED) is 0.412. The van der Waals surface area contributed by atoms with Crippen molar-refractivity contribution in [3.63, 3.8) is 0 Å². The molecule has 0 spiro atoms. The minimum atomic E-state index is -0.00829. The number of anilines is 1. The van der Waals surface area contributed by atoms with E-state index in [-0.39, 0.29) is 11.8 Å². The lowest BCUT2D eigenvalue weighted by Gasteiger charge is -2.26. The van der Waals surface area contributed by atoms with Gasteiger partial charge in [0.2, 0.25) is 0 Å². The van der Waals surface area contributed by atoms with Crippen LogP contribution in [0.1, 0.15) is 38.3 Å². The third-order valence-electron chi connectivity index (χ3n) is 6.93. The Morgan fingerprint density at radius 3 is 2.57 bits per heavy atom. The van der Waals surface area contributed by atoms with Crippen molar-refractivity contribution in [1.82, 2.24) is 15.1 Å². The molecular formula is C31H43N5O. The Hall–Kier alpha value is -3.38. The van der Waals surface area contributed by atoms with Gasteiger partial charge < -0.3 is 20.0 Å². The van der Waals surface area contributed by atoms with Crippen LogP contribution in [0, 0.1) is 5.92 Å². The van der Waals surface area contributed by atoms with Gasteiger partial charge in [-0.15, -0.1) is 0 Å². The second-order valence-corrected chi connectivity index (χ2v) is 9.87. The Balaban J connectivity index is 1.82. The largest absolute Gasteiger partial charge is 0.375 e. The molecule has 1 N–H and O–H groups in total. The highest BCUT2D eigenvalue weighted by Gasteiger charge is 2.29. The molecule has 1 heterocycles. The second kappa shape index (κ2) is 13.8. The predicted octanol–water partition coefficient (Wildman–Crippen LogP) is 5.09. The fourth-order valence-corrected chi connectivity index (χ4v) is 4.70. The number of amides is 1. The van der Waals surface area contributed by atoms with Crippen molar-refractivity contribution in [3.05, 3.63) is 89.4 Å². The molecule has 6 nitrogen and oxygen atoms in total. The molecule has 37 heavy (non-hydrogen) atoms. The zero-order valence-electron chi connectivity index (χ0n) is 23.2. The third-order valence-corrected chi connectivity index (χ3v) is 6.93. The maximum Gasteiger partial charge on any atom is 0.261 e. The average Bonchev–Trinajstić information content (AvgIpc) is 3.02. The van der Waals surface area contributed by atoms with Gasteiger partial charge >= 0.3 is 0 Å². The van der Waals surface area contributed by atoms with E-state index >= 15 is 0 Å². The second-order valence-electron chi connectivity index (χ2n) is 9.87. The van der Waals surface area contributed by atoms with Gasteiger partial charge in [-0.2, -0.15) is 0 Å². The normalized spacial score (nSPS) is 15.5. The SMILES string of the molecule is C=C(N=CC1=C(C(C)CC)N(C)CCN(c2cccc(CCN(C)Cc3ccccc3)c2)C1=O)NCC. The molecule has 0 bridgehead atoms. The highest BCUT2D eigenvalue weighted by atomic mass is 16.2. The summed E-state index contributed by atoms with van der Waals surface area (Å²) in [6.45, 7) is 14.3. The fourth-order valence-electron chi connectivity index (χ4n) is 4.70. The Morgan fingerprint density at radius 1 is 1.14 bits per heavy atom. The number of likely N-dealkylation sites (N-methyl/N-ethyl adjacent to an activating group) is 2. The van der Waals surface area contributed by atoms with Crippen molar-refractivity contribution in [1.29, 1.82) is 0 Å². The summed E-state index contributed by atoms with van der Waals surface area (Å²) in [4.78, 5) is 24.9. The number of carbonyl (C=O) groups excluding carboxylic acids is 1. The van der Waals surface area contributed by atoms with Gasteiger partial charge in [-0.05, 0) is 56.0 Å². The number of carbonyl (C=O) groups is 1. The number of aliphatic imine (C=N–C) groups is 1. The highest BCUT2D eigenvalue weighted by molar-refractivity contribution is 6.19. The summed E-state index contributed by atoms with van der Waals surface area (Å²) in [5.74, 6) is 0.798. The van der Waals surface area contributed by atoms with Gasteiger partial charge in [-0.1, -0.05) is 62.9 Å². The van der Waals surface area contributed by atoms with Gasteiger partial charge in [-0.25, -0.2) is 4.99 Å². The van der Waals surface area contributed by atoms with Crippen LogP contribution in [0.2, 0.25) is 0 Å². The first-order valence-electron chi connectivity index (χ1n) is 13.4. The van der Waals surface area contributed by atoms with Crippen molar-refractivity contribution < 1.29 is 4.79 Å². The third kappa shape index (κ3) is 7.80. The number of rotatable bonds is 12. The molecule has 2 aromatic carbocycles. The van der Waals surface area contributed by atoms with Crippen LogP contribution in [0.3, 0.4) is 0 Å². The van der Waals surface area contributed by atoms with Gasteiger partial charge in [0.25, 0.3) is 5.91 Å². The smallest absolute Gasteiger partial charge is 0.261 e. The Bertz CT molecular complexity index is 1110. The summed E-state index contributed by atoms with van der Waals surface area (Å²) in [6, 6.07) is 18.9. The van der Waals surface area contributed by atoms with Crippen LogP contribution in [-0.2, 0) is 17.8 Å². The summed E-state index contributed by atoms with van der Waals surface area (Å²) < 4.78 is 0. The van der Waals surface area contributed by atoms with E-state index in [2.05, 4.69) is 97.1 Å². The van der Waals surface area contributed by atoms with E-state index in [0.717, 1.165) is 50.4 Å². The summed E-state index contributed by atoms with van der Waals surface area (Å²) in [6.07, 6.45) is 3.57. The molecule has 0 radical (unpaired) electrons. The lowest BCUT2D eigenvalue weighted by molar-refractivity contribution is -0.114. The molecule has 1 aliphatic heterocycles. The first kappa shape index (κ1) is 28.2. The number of allylic oxidation sites excluding steroid dienone is 1. The topological polar surface area (TPSA) is 51.2 Å². The van der Waals surface area contributed by atoms with E-state index in [4.69, 9.17) is 0 Å². The van der Waals surface area contributed by atoms with Gasteiger partial charge in [0.1, 0.15) is 5.82 Å². The van der Waals surface area contributed by atoms with E-state index in [1.165, 1.54) is 11.1 Å². The van der Waals surface area contributed by atoms with Crippen LogP contribution in [-0.4, -0.2) is 62.2 Å². The Labute approximate surface area is 223 Å². The molecule has 198 valence electrons. The lowest BCUT2D eigenvalue weighted by atomic mass is 9.98. The van der Waals surface area contributed by atoms with E-state index in [9.17, 15) is 4.79 Å². The van der Waals surface area contributed by atoms with Crippen molar-refractivity contribution in [2.45, 2.75) is 40.2 Å². The van der Waals surface area contributed by atoms with Crippen molar-refractivity contribution in [3.8, 4) is 0 Å². The molecule has 2 aromatic rings. The number of benzene rings is 2. The molecule has 1 atom stereocenters. The predicted molar refractivity (Wildman–Crippen MR) is 156 cm³/mol. The van der Waals surface area contributed by atoms with Crippen LogP contribution < -0.4 is 10.2 Å². The number of nitrogens with one attached hydrogen (secondary N) is 1. The first-order valence-corrected chi connectivity index (χ1v) is 13.4. The zero-order chi connectivity index (χ0) is 26.8. The molecule has 0 fully saturated rings. The van der Waals surface area contributed by atoms with E-state index in [0.29, 0.717) is 17.9 Å². The summed E-state index contributed by atoms with van der Waals surface area (Å²) in [5.41, 5.74) is 5.16. The molecule has 0 saturated carbocycles. The average molecular weight is 502 g/mol. The summed E-state index contributed by atoms with van der Waals surface area (Å²) >= 11 is 0. The molecule has 0 saturated heterocycles. The molecule has 1 unspecified atom stereocenters. The highest BCUT2D eigenvalue weighted by Crippen LogP contribution is 2.28. The van der Waals surface area contributed by atoms with Crippen LogP contribution in [0.5, 0.6) is 0 Å². The Kier molecular flexibility index (Phi) is 10.5. The monoisotopic (exact) mass is 501 g/mol. The van der Waals surface area contributed by atoms with E-state index in [1.54, 1.807) is 6.21 Å². The fraction of sp³-hybridized carbons (Fsp3) is 0.419. The molecule has 3 rings (SSSR count). The molecule has 0 aliphatic carbocycles. The zero-order valence-corrected chi connectivity index (χ0v) is 23.2. The van der Waals surface area contributed by atoms with Crippen LogP contribution in [0.4, 0.5) is 5.69 Å². The summed E-state index contributed by atoms with van der Waals surface area (Å²) in [5, 5.41) is 3.12. The maximum atomic E-state index is 14.0. The number of nitrogens with zero attached hydrogens (tertiary/aromatic N) is 4. The van der Waals surface area contributed by atoms with Gasteiger partial charge in [-0.3, -0.25) is 4.79 Å². The molecule has 6 heteroatoms.